The third-order valence-electron chi connectivity index (χ3n) is 4.96. The molecule has 2 rings (SSSR count). The first-order chi connectivity index (χ1) is 9.91. The molecular formula is C19H31NO. The van der Waals surface area contributed by atoms with E-state index < -0.39 is 0 Å². The highest BCUT2D eigenvalue weighted by Crippen LogP contribution is 2.38. The minimum Gasteiger partial charge on any atom is -0.497 e. The minimum atomic E-state index is 0.387. The molecule has 1 aromatic carbocycles. The third kappa shape index (κ3) is 4.23. The molecule has 1 aliphatic carbocycles. The quantitative estimate of drug-likeness (QED) is 0.846. The second kappa shape index (κ2) is 6.83. The van der Waals surface area contributed by atoms with Crippen LogP contribution in [0.25, 0.3) is 0 Å². The lowest BCUT2D eigenvalue weighted by atomic mass is 9.69. The van der Waals surface area contributed by atoms with E-state index in [1.54, 1.807) is 7.11 Å². The second-order valence-corrected chi connectivity index (χ2v) is 7.52. The van der Waals surface area contributed by atoms with Crippen LogP contribution in [0, 0.1) is 11.3 Å². The van der Waals surface area contributed by atoms with Crippen LogP contribution in [0.2, 0.25) is 0 Å². The van der Waals surface area contributed by atoms with Crippen molar-refractivity contribution in [1.82, 2.24) is 5.32 Å². The monoisotopic (exact) mass is 289 g/mol. The molecule has 0 aromatic heterocycles. The maximum atomic E-state index is 5.24. The number of rotatable bonds is 4. The van der Waals surface area contributed by atoms with Crippen LogP contribution in [0.5, 0.6) is 5.75 Å². The largest absolute Gasteiger partial charge is 0.497 e. The van der Waals surface area contributed by atoms with Crippen molar-refractivity contribution < 1.29 is 4.74 Å². The van der Waals surface area contributed by atoms with Gasteiger partial charge in [0, 0.05) is 12.1 Å². The molecule has 1 aliphatic rings. The summed E-state index contributed by atoms with van der Waals surface area (Å²) in [6.07, 6.45) is 5.41. The molecule has 21 heavy (non-hydrogen) atoms. The Morgan fingerprint density at radius 1 is 1.10 bits per heavy atom. The summed E-state index contributed by atoms with van der Waals surface area (Å²) in [6, 6.07) is 9.47. The zero-order valence-electron chi connectivity index (χ0n) is 14.3. The van der Waals surface area contributed by atoms with Crippen molar-refractivity contribution >= 4 is 0 Å². The van der Waals surface area contributed by atoms with Crippen molar-refractivity contribution in [3.05, 3.63) is 29.8 Å². The first-order valence-electron chi connectivity index (χ1n) is 8.32. The lowest BCUT2D eigenvalue weighted by molar-refractivity contribution is 0.124. The number of hydrogen-bond acceptors (Lipinski definition) is 2. The lowest BCUT2D eigenvalue weighted by Gasteiger charge is -2.42. The molecule has 0 aliphatic heterocycles. The van der Waals surface area contributed by atoms with Crippen LogP contribution in [0.3, 0.4) is 0 Å². The summed E-state index contributed by atoms with van der Waals surface area (Å²) in [4.78, 5) is 0. The van der Waals surface area contributed by atoms with Crippen LogP contribution in [-0.2, 0) is 0 Å². The van der Waals surface area contributed by atoms with Gasteiger partial charge in [-0.05, 0) is 48.8 Å². The van der Waals surface area contributed by atoms with E-state index >= 15 is 0 Å². The van der Waals surface area contributed by atoms with Crippen molar-refractivity contribution in [3.8, 4) is 5.75 Å². The molecule has 0 saturated heterocycles. The van der Waals surface area contributed by atoms with E-state index in [1.165, 1.54) is 31.2 Å². The zero-order valence-corrected chi connectivity index (χ0v) is 14.3. The third-order valence-corrected chi connectivity index (χ3v) is 4.96. The van der Waals surface area contributed by atoms with Crippen LogP contribution >= 0.6 is 0 Å². The smallest absolute Gasteiger partial charge is 0.118 e. The van der Waals surface area contributed by atoms with Gasteiger partial charge in [0.15, 0.2) is 0 Å². The molecule has 1 fully saturated rings. The highest BCUT2D eigenvalue weighted by molar-refractivity contribution is 5.28. The predicted molar refractivity (Wildman–Crippen MR) is 89.7 cm³/mol. The molecular weight excluding hydrogens is 258 g/mol. The molecule has 1 aromatic rings. The summed E-state index contributed by atoms with van der Waals surface area (Å²) in [5.41, 5.74) is 1.73. The SMILES string of the molecule is COc1ccc([C@H](C)NC2CCCCC2C(C)(C)C)cc1. The van der Waals surface area contributed by atoms with Gasteiger partial charge in [-0.1, -0.05) is 45.7 Å². The van der Waals surface area contributed by atoms with Crippen molar-refractivity contribution in [1.29, 1.82) is 0 Å². The molecule has 0 amide bonds. The van der Waals surface area contributed by atoms with Gasteiger partial charge < -0.3 is 10.1 Å². The molecule has 1 saturated carbocycles. The molecule has 1 N–H and O–H groups in total. The van der Waals surface area contributed by atoms with E-state index in [9.17, 15) is 0 Å². The number of ether oxygens (including phenoxy) is 1. The first kappa shape index (κ1) is 16.4. The molecule has 0 heterocycles. The Morgan fingerprint density at radius 2 is 1.71 bits per heavy atom. The summed E-state index contributed by atoms with van der Waals surface area (Å²) in [5.74, 6) is 1.70. The molecule has 0 radical (unpaired) electrons. The number of methoxy groups -OCH3 is 1. The zero-order chi connectivity index (χ0) is 15.5. The molecule has 3 atom stereocenters. The maximum Gasteiger partial charge on any atom is 0.118 e. The van der Waals surface area contributed by atoms with E-state index in [0.717, 1.165) is 11.7 Å². The van der Waals surface area contributed by atoms with E-state index in [0.29, 0.717) is 17.5 Å². The van der Waals surface area contributed by atoms with E-state index in [4.69, 9.17) is 4.74 Å². The molecule has 0 bridgehead atoms. The van der Waals surface area contributed by atoms with Crippen LogP contribution in [0.15, 0.2) is 24.3 Å². The topological polar surface area (TPSA) is 21.3 Å². The van der Waals surface area contributed by atoms with Crippen molar-refractivity contribution in [2.45, 2.75) is 65.5 Å². The predicted octanol–water partition coefficient (Wildman–Crippen LogP) is 4.95. The van der Waals surface area contributed by atoms with Crippen LogP contribution < -0.4 is 10.1 Å². The standard InChI is InChI=1S/C19H31NO/c1-14(15-10-12-16(21-5)13-11-15)20-18-9-7-6-8-17(18)19(2,3)4/h10-14,17-18,20H,6-9H2,1-5H3/t14-,17?,18?/m0/s1. The van der Waals surface area contributed by atoms with Crippen LogP contribution in [0.4, 0.5) is 0 Å². The van der Waals surface area contributed by atoms with E-state index in [1.807, 2.05) is 0 Å². The first-order valence-corrected chi connectivity index (χ1v) is 8.32. The van der Waals surface area contributed by atoms with Crippen LogP contribution in [-0.4, -0.2) is 13.2 Å². The molecule has 118 valence electrons. The van der Waals surface area contributed by atoms with Gasteiger partial charge >= 0.3 is 0 Å². The normalized spacial score (nSPS) is 24.6. The summed E-state index contributed by atoms with van der Waals surface area (Å²) in [5, 5.41) is 3.89. The summed E-state index contributed by atoms with van der Waals surface area (Å²) in [6.45, 7) is 9.43. The minimum absolute atomic E-state index is 0.387. The molecule has 2 unspecified atom stereocenters. The number of nitrogens with one attached hydrogen (secondary N) is 1. The van der Waals surface area contributed by atoms with Crippen molar-refractivity contribution in [2.24, 2.45) is 11.3 Å². The highest BCUT2D eigenvalue weighted by atomic mass is 16.5. The van der Waals surface area contributed by atoms with Gasteiger partial charge in [0.1, 0.15) is 5.75 Å². The molecule has 0 spiro atoms. The van der Waals surface area contributed by atoms with Gasteiger partial charge in [-0.2, -0.15) is 0 Å². The summed E-state index contributed by atoms with van der Waals surface area (Å²) < 4.78 is 5.24. The fourth-order valence-electron chi connectivity index (χ4n) is 3.68. The molecule has 2 nitrogen and oxygen atoms in total. The summed E-state index contributed by atoms with van der Waals surface area (Å²) in [7, 11) is 1.71. The highest BCUT2D eigenvalue weighted by Gasteiger charge is 2.34. The van der Waals surface area contributed by atoms with Gasteiger partial charge in [0.05, 0.1) is 7.11 Å². The Hall–Kier alpha value is -1.02. The van der Waals surface area contributed by atoms with Crippen molar-refractivity contribution in [2.75, 3.05) is 7.11 Å². The molecule has 2 heteroatoms. The Kier molecular flexibility index (Phi) is 5.32. The lowest BCUT2D eigenvalue weighted by Crippen LogP contribution is -2.45. The van der Waals surface area contributed by atoms with Gasteiger partial charge in [-0.15, -0.1) is 0 Å². The average molecular weight is 289 g/mol. The Morgan fingerprint density at radius 3 is 2.29 bits per heavy atom. The van der Waals surface area contributed by atoms with Gasteiger partial charge in [0.2, 0.25) is 0 Å². The fraction of sp³-hybridized carbons (Fsp3) is 0.684. The average Bonchev–Trinajstić information content (AvgIpc) is 2.47. The van der Waals surface area contributed by atoms with Gasteiger partial charge in [-0.3, -0.25) is 0 Å². The second-order valence-electron chi connectivity index (χ2n) is 7.52. The fourth-order valence-corrected chi connectivity index (χ4v) is 3.68. The van der Waals surface area contributed by atoms with Crippen LogP contribution in [0.1, 0.15) is 65.0 Å². The maximum absolute atomic E-state index is 5.24. The Bertz CT molecular complexity index is 432. The Balaban J connectivity index is 2.03. The summed E-state index contributed by atoms with van der Waals surface area (Å²) >= 11 is 0. The number of benzene rings is 1. The van der Waals surface area contributed by atoms with Gasteiger partial charge in [-0.25, -0.2) is 0 Å². The van der Waals surface area contributed by atoms with E-state index in [-0.39, 0.29) is 0 Å². The Labute approximate surface area is 130 Å². The van der Waals surface area contributed by atoms with E-state index in [2.05, 4.69) is 57.3 Å². The van der Waals surface area contributed by atoms with Crippen molar-refractivity contribution in [3.63, 3.8) is 0 Å². The van der Waals surface area contributed by atoms with Gasteiger partial charge in [0.25, 0.3) is 0 Å². The number of hydrogen-bond donors (Lipinski definition) is 1.